The highest BCUT2D eigenvalue weighted by Crippen LogP contribution is 2.39. The molecular formula is C12H14FN3O3S. The van der Waals surface area contributed by atoms with Gasteiger partial charge >= 0.3 is 0 Å². The van der Waals surface area contributed by atoms with E-state index in [1.807, 2.05) is 0 Å². The molecule has 0 aliphatic carbocycles. The Morgan fingerprint density at radius 2 is 1.95 bits per heavy atom. The van der Waals surface area contributed by atoms with Gasteiger partial charge in [0, 0.05) is 31.3 Å². The summed E-state index contributed by atoms with van der Waals surface area (Å²) in [6.45, 7) is 0.0764. The summed E-state index contributed by atoms with van der Waals surface area (Å²) in [5, 5.41) is 9.50. The van der Waals surface area contributed by atoms with Crippen molar-refractivity contribution < 1.29 is 17.3 Å². The topological polar surface area (TPSA) is 89.4 Å². The summed E-state index contributed by atoms with van der Waals surface area (Å²) in [7, 11) is -3.76. The van der Waals surface area contributed by atoms with E-state index >= 15 is 4.39 Å². The fourth-order valence-electron chi connectivity index (χ4n) is 2.54. The van der Waals surface area contributed by atoms with Crippen molar-refractivity contribution in [1.29, 1.82) is 0 Å². The lowest BCUT2D eigenvalue weighted by molar-refractivity contribution is 0.0802. The smallest absolute Gasteiger partial charge is 0.276 e. The quantitative estimate of drug-likeness (QED) is 0.905. The lowest BCUT2D eigenvalue weighted by Crippen LogP contribution is -2.46. The molecular weight excluding hydrogens is 285 g/mol. The number of benzene rings is 1. The van der Waals surface area contributed by atoms with Gasteiger partial charge in [-0.05, 0) is 12.1 Å². The Bertz CT molecular complexity index is 735. The molecule has 0 unspecified atom stereocenters. The van der Waals surface area contributed by atoms with Crippen molar-refractivity contribution >= 4 is 21.2 Å². The number of piperidine rings is 1. The minimum Gasteiger partial charge on any atom is -0.356 e. The number of hydrogen-bond acceptors (Lipinski definition) is 4. The minimum atomic E-state index is -3.76. The molecule has 1 aromatic heterocycles. The van der Waals surface area contributed by atoms with Crippen LogP contribution in [-0.4, -0.2) is 31.0 Å². The van der Waals surface area contributed by atoms with Crippen molar-refractivity contribution in [3.8, 4) is 0 Å². The molecule has 1 saturated heterocycles. The van der Waals surface area contributed by atoms with Crippen molar-refractivity contribution in [2.75, 3.05) is 13.1 Å². The highest BCUT2D eigenvalue weighted by atomic mass is 32.2. The Hall–Kier alpha value is -1.51. The largest absolute Gasteiger partial charge is 0.356 e. The number of halogens is 1. The molecule has 8 heteroatoms. The van der Waals surface area contributed by atoms with Crippen LogP contribution in [0.5, 0.6) is 0 Å². The molecule has 0 bridgehead atoms. The van der Waals surface area contributed by atoms with Gasteiger partial charge in [0.15, 0.2) is 11.3 Å². The van der Waals surface area contributed by atoms with Gasteiger partial charge in [0.1, 0.15) is 5.69 Å². The molecule has 2 N–H and O–H groups in total. The van der Waals surface area contributed by atoms with E-state index in [9.17, 15) is 8.42 Å². The van der Waals surface area contributed by atoms with E-state index < -0.39 is 15.9 Å². The number of nitrogens with zero attached hydrogens (tertiary/aromatic N) is 2. The second-order valence-electron chi connectivity index (χ2n) is 4.94. The van der Waals surface area contributed by atoms with E-state index in [1.165, 1.54) is 0 Å². The molecule has 1 aromatic carbocycles. The van der Waals surface area contributed by atoms with Crippen LogP contribution in [0.3, 0.4) is 0 Å². The Morgan fingerprint density at radius 1 is 1.30 bits per heavy atom. The zero-order valence-corrected chi connectivity index (χ0v) is 11.4. The second kappa shape index (κ2) is 4.51. The summed E-state index contributed by atoms with van der Waals surface area (Å²) in [5.74, 6) is 0. The first-order valence-corrected chi connectivity index (χ1v) is 7.72. The molecule has 108 valence electrons. The Balaban J connectivity index is 1.91. The Morgan fingerprint density at radius 3 is 2.60 bits per heavy atom. The van der Waals surface area contributed by atoms with E-state index in [2.05, 4.69) is 5.16 Å². The van der Waals surface area contributed by atoms with Crippen LogP contribution >= 0.6 is 0 Å². The maximum absolute atomic E-state index is 15.0. The molecule has 2 heterocycles. The van der Waals surface area contributed by atoms with Gasteiger partial charge in [-0.15, -0.1) is 0 Å². The van der Waals surface area contributed by atoms with Gasteiger partial charge in [-0.1, -0.05) is 17.3 Å². The Labute approximate surface area is 115 Å². The van der Waals surface area contributed by atoms with Crippen LogP contribution in [0.25, 0.3) is 11.0 Å². The van der Waals surface area contributed by atoms with E-state index in [0.717, 1.165) is 4.31 Å². The molecule has 0 atom stereocenters. The second-order valence-corrected chi connectivity index (χ2v) is 6.48. The standard InChI is InChI=1S/C12H14FN3O3S/c13-12(5-7-16(8-6-12)20(14,17)18)11-9-3-1-2-4-10(9)19-15-11/h1-4H,5-8H2,(H2,14,17,18). The van der Waals surface area contributed by atoms with Crippen molar-refractivity contribution in [3.63, 3.8) is 0 Å². The predicted octanol–water partition coefficient (Wildman–Crippen LogP) is 1.29. The van der Waals surface area contributed by atoms with Gasteiger partial charge in [-0.3, -0.25) is 0 Å². The first kappa shape index (κ1) is 13.5. The minimum absolute atomic E-state index is 0.0138. The van der Waals surface area contributed by atoms with Crippen molar-refractivity contribution in [2.24, 2.45) is 5.14 Å². The SMILES string of the molecule is NS(=O)(=O)N1CCC(F)(c2noc3ccccc23)CC1. The first-order valence-electron chi connectivity index (χ1n) is 6.22. The highest BCUT2D eigenvalue weighted by Gasteiger charge is 2.42. The number of alkyl halides is 1. The maximum atomic E-state index is 15.0. The number of fused-ring (bicyclic) bond motifs is 1. The number of aromatic nitrogens is 1. The molecule has 1 aliphatic rings. The lowest BCUT2D eigenvalue weighted by Gasteiger charge is -2.33. The average Bonchev–Trinajstić information content (AvgIpc) is 2.82. The van der Waals surface area contributed by atoms with E-state index in [0.29, 0.717) is 11.0 Å². The summed E-state index contributed by atoms with van der Waals surface area (Å²) in [6, 6.07) is 7.03. The molecule has 20 heavy (non-hydrogen) atoms. The number of hydrogen-bond donors (Lipinski definition) is 1. The van der Waals surface area contributed by atoms with E-state index in [-0.39, 0.29) is 31.6 Å². The summed E-state index contributed by atoms with van der Waals surface area (Å²) in [6.07, 6.45) is 0.0277. The van der Waals surface area contributed by atoms with E-state index in [4.69, 9.17) is 9.66 Å². The van der Waals surface area contributed by atoms with Crippen LogP contribution < -0.4 is 5.14 Å². The molecule has 3 rings (SSSR count). The van der Waals surface area contributed by atoms with Crippen molar-refractivity contribution in [2.45, 2.75) is 18.5 Å². The summed E-state index contributed by atoms with van der Waals surface area (Å²) < 4.78 is 43.7. The first-order chi connectivity index (χ1) is 9.40. The third-order valence-corrected chi connectivity index (χ3v) is 4.76. The monoisotopic (exact) mass is 299 g/mol. The molecule has 0 saturated carbocycles. The summed E-state index contributed by atoms with van der Waals surface area (Å²) in [4.78, 5) is 0. The van der Waals surface area contributed by atoms with Gasteiger partial charge in [0.25, 0.3) is 10.2 Å². The van der Waals surface area contributed by atoms with Gasteiger partial charge in [-0.2, -0.15) is 12.7 Å². The summed E-state index contributed by atoms with van der Waals surface area (Å²) >= 11 is 0. The average molecular weight is 299 g/mol. The van der Waals surface area contributed by atoms with Crippen LogP contribution in [-0.2, 0) is 15.9 Å². The number of rotatable bonds is 2. The third kappa shape index (κ3) is 2.19. The zero-order valence-electron chi connectivity index (χ0n) is 10.6. The molecule has 6 nitrogen and oxygen atoms in total. The fourth-order valence-corrected chi connectivity index (χ4v) is 3.23. The third-order valence-electron chi connectivity index (χ3n) is 3.68. The van der Waals surface area contributed by atoms with Crippen LogP contribution in [0.4, 0.5) is 4.39 Å². The van der Waals surface area contributed by atoms with Crippen molar-refractivity contribution in [3.05, 3.63) is 30.0 Å². The molecule has 0 radical (unpaired) electrons. The van der Waals surface area contributed by atoms with Gasteiger partial charge in [-0.25, -0.2) is 9.53 Å². The van der Waals surface area contributed by atoms with Crippen LogP contribution in [0.2, 0.25) is 0 Å². The molecule has 2 aromatic rings. The number of nitrogens with two attached hydrogens (primary N) is 1. The van der Waals surface area contributed by atoms with Crippen LogP contribution in [0, 0.1) is 0 Å². The van der Waals surface area contributed by atoms with Gasteiger partial charge in [0.2, 0.25) is 0 Å². The highest BCUT2D eigenvalue weighted by molar-refractivity contribution is 7.86. The lowest BCUT2D eigenvalue weighted by atomic mass is 9.89. The van der Waals surface area contributed by atoms with Gasteiger partial charge in [0.05, 0.1) is 0 Å². The molecule has 0 spiro atoms. The molecule has 1 fully saturated rings. The zero-order chi connectivity index (χ0) is 14.4. The summed E-state index contributed by atoms with van der Waals surface area (Å²) in [5.41, 5.74) is -0.927. The van der Waals surface area contributed by atoms with Crippen LogP contribution in [0.1, 0.15) is 18.5 Å². The molecule has 1 aliphatic heterocycles. The number of para-hydroxylation sites is 1. The fraction of sp³-hybridized carbons (Fsp3) is 0.417. The Kier molecular flexibility index (Phi) is 3.03. The van der Waals surface area contributed by atoms with Gasteiger partial charge < -0.3 is 4.52 Å². The van der Waals surface area contributed by atoms with Crippen LogP contribution in [0.15, 0.2) is 28.8 Å². The van der Waals surface area contributed by atoms with E-state index in [1.54, 1.807) is 24.3 Å². The van der Waals surface area contributed by atoms with Crippen molar-refractivity contribution in [1.82, 2.24) is 9.46 Å². The predicted molar refractivity (Wildman–Crippen MR) is 70.7 cm³/mol. The normalized spacial score (nSPS) is 20.3. The maximum Gasteiger partial charge on any atom is 0.276 e. The molecule has 0 amide bonds.